The van der Waals surface area contributed by atoms with E-state index >= 15 is 0 Å². The molecule has 3 aromatic heterocycles. The molecule has 1 aromatic carbocycles. The second kappa shape index (κ2) is 11.9. The maximum atomic E-state index is 13.7. The van der Waals surface area contributed by atoms with E-state index < -0.39 is 24.8 Å². The predicted octanol–water partition coefficient (Wildman–Crippen LogP) is 4.07. The normalized spacial score (nSPS) is 17.8. The summed E-state index contributed by atoms with van der Waals surface area (Å²) in [4.78, 5) is 32.1. The number of imidazole rings is 1. The van der Waals surface area contributed by atoms with Crippen molar-refractivity contribution >= 4 is 29.5 Å². The number of likely N-dealkylation sites (tertiary alicyclic amines) is 1. The number of benzene rings is 1. The summed E-state index contributed by atoms with van der Waals surface area (Å²) in [5.74, 6) is 0.273. The van der Waals surface area contributed by atoms with Crippen molar-refractivity contribution in [3.05, 3.63) is 59.8 Å². The van der Waals surface area contributed by atoms with Crippen LogP contribution in [0.4, 0.5) is 33.5 Å². The second-order valence-electron chi connectivity index (χ2n) is 10.0. The van der Waals surface area contributed by atoms with Gasteiger partial charge in [-0.3, -0.25) is 18.7 Å². The first-order chi connectivity index (χ1) is 20.5. The molecule has 0 spiro atoms. The molecule has 4 aromatic rings. The molecule has 2 aliphatic rings. The van der Waals surface area contributed by atoms with Gasteiger partial charge >= 0.3 is 6.18 Å². The number of amides is 1. The van der Waals surface area contributed by atoms with Crippen molar-refractivity contribution in [3.8, 4) is 11.3 Å². The van der Waals surface area contributed by atoms with Gasteiger partial charge in [0.25, 0.3) is 18.8 Å². The van der Waals surface area contributed by atoms with E-state index in [9.17, 15) is 26.7 Å². The van der Waals surface area contributed by atoms with Gasteiger partial charge in [-0.1, -0.05) is 6.92 Å². The first kappa shape index (κ1) is 29.9. The number of alkyl halides is 5. The molecule has 1 amide bonds. The second-order valence-corrected chi connectivity index (χ2v) is 10.0. The van der Waals surface area contributed by atoms with Gasteiger partial charge in [0.05, 0.1) is 17.5 Å². The minimum Gasteiger partial charge on any atom is -0.483 e. The number of nitrogens with one attached hydrogen (secondary N) is 2. The SMILES string of the molecule is CCc1cc(Nc2nccn3c(-c4cn(CC(F)F)nc4C(F)(F)F)cnc23)ccc1C(=O)N1CC2CC1CN2.O=CO. The lowest BCUT2D eigenvalue weighted by molar-refractivity contribution is -0.141. The van der Waals surface area contributed by atoms with Crippen molar-refractivity contribution in [2.75, 3.05) is 18.4 Å². The van der Waals surface area contributed by atoms with E-state index in [1.54, 1.807) is 12.1 Å². The van der Waals surface area contributed by atoms with Crippen LogP contribution in [0.5, 0.6) is 0 Å². The zero-order chi connectivity index (χ0) is 30.9. The summed E-state index contributed by atoms with van der Waals surface area (Å²) in [5, 5.41) is 16.8. The first-order valence-electron chi connectivity index (χ1n) is 13.3. The molecular formula is C27H27F5N8O3. The van der Waals surface area contributed by atoms with Crippen LogP contribution in [0.15, 0.2) is 43.0 Å². The molecular weight excluding hydrogens is 579 g/mol. The number of halogens is 5. The van der Waals surface area contributed by atoms with Crippen molar-refractivity contribution in [2.24, 2.45) is 0 Å². The Morgan fingerprint density at radius 2 is 2.05 bits per heavy atom. The summed E-state index contributed by atoms with van der Waals surface area (Å²) < 4.78 is 68.8. The highest BCUT2D eigenvalue weighted by Gasteiger charge is 2.41. The van der Waals surface area contributed by atoms with E-state index in [-0.39, 0.29) is 41.1 Å². The monoisotopic (exact) mass is 606 g/mol. The summed E-state index contributed by atoms with van der Waals surface area (Å²) in [6.07, 6.45) is -1.15. The van der Waals surface area contributed by atoms with Gasteiger partial charge in [-0.2, -0.15) is 18.3 Å². The Bertz CT molecular complexity index is 1640. The molecule has 16 heteroatoms. The fourth-order valence-corrected chi connectivity index (χ4v) is 5.53. The molecule has 2 saturated heterocycles. The summed E-state index contributed by atoms with van der Waals surface area (Å²) in [7, 11) is 0. The van der Waals surface area contributed by atoms with Crippen molar-refractivity contribution in [3.63, 3.8) is 0 Å². The highest BCUT2D eigenvalue weighted by molar-refractivity contribution is 5.97. The third kappa shape index (κ3) is 6.00. The zero-order valence-electron chi connectivity index (χ0n) is 22.7. The summed E-state index contributed by atoms with van der Waals surface area (Å²) >= 11 is 0. The molecule has 2 atom stereocenters. The fourth-order valence-electron chi connectivity index (χ4n) is 5.53. The average Bonchev–Trinajstić information content (AvgIpc) is 3.76. The molecule has 0 radical (unpaired) electrons. The Kier molecular flexibility index (Phi) is 8.30. The average molecular weight is 607 g/mol. The van der Waals surface area contributed by atoms with Crippen LogP contribution in [0.1, 0.15) is 35.0 Å². The molecule has 0 aliphatic carbocycles. The lowest BCUT2D eigenvalue weighted by Gasteiger charge is -2.28. The largest absolute Gasteiger partial charge is 0.483 e. The molecule has 2 aliphatic heterocycles. The number of anilines is 2. The van der Waals surface area contributed by atoms with E-state index in [0.29, 0.717) is 34.9 Å². The minimum atomic E-state index is -4.86. The van der Waals surface area contributed by atoms with Gasteiger partial charge in [0, 0.05) is 55.0 Å². The van der Waals surface area contributed by atoms with Crippen LogP contribution < -0.4 is 10.6 Å². The maximum Gasteiger partial charge on any atom is 0.435 e. The van der Waals surface area contributed by atoms with Gasteiger partial charge in [0.2, 0.25) is 0 Å². The molecule has 0 saturated carbocycles. The highest BCUT2D eigenvalue weighted by Crippen LogP contribution is 2.37. The van der Waals surface area contributed by atoms with Crippen LogP contribution in [-0.4, -0.2) is 78.1 Å². The molecule has 5 heterocycles. The van der Waals surface area contributed by atoms with Crippen LogP contribution in [0.25, 0.3) is 16.9 Å². The number of piperazine rings is 1. The number of fused-ring (bicyclic) bond motifs is 3. The minimum absolute atomic E-state index is 0.00313. The van der Waals surface area contributed by atoms with Crippen LogP contribution in [0.3, 0.4) is 0 Å². The van der Waals surface area contributed by atoms with Gasteiger partial charge < -0.3 is 20.6 Å². The lowest BCUT2D eigenvalue weighted by Crippen LogP contribution is -2.46. The third-order valence-electron chi connectivity index (χ3n) is 7.36. The van der Waals surface area contributed by atoms with Gasteiger partial charge in [-0.05, 0) is 36.6 Å². The molecule has 2 unspecified atom stereocenters. The molecule has 43 heavy (non-hydrogen) atoms. The molecule has 6 rings (SSSR count). The van der Waals surface area contributed by atoms with E-state index in [0.717, 1.165) is 24.7 Å². The smallest absolute Gasteiger partial charge is 0.435 e. The van der Waals surface area contributed by atoms with Crippen molar-refractivity contribution in [1.82, 2.24) is 34.4 Å². The summed E-state index contributed by atoms with van der Waals surface area (Å²) in [5.41, 5.74) is 0.710. The molecule has 228 valence electrons. The number of rotatable bonds is 7. The van der Waals surface area contributed by atoms with Gasteiger partial charge in [0.1, 0.15) is 6.54 Å². The number of aryl methyl sites for hydroxylation is 1. The van der Waals surface area contributed by atoms with Crippen LogP contribution >= 0.6 is 0 Å². The molecule has 2 bridgehead atoms. The molecule has 3 N–H and O–H groups in total. The molecule has 2 fully saturated rings. The maximum absolute atomic E-state index is 13.7. The number of carboxylic acid groups (broad SMARTS) is 1. The van der Waals surface area contributed by atoms with Crippen LogP contribution in [0.2, 0.25) is 0 Å². The third-order valence-corrected chi connectivity index (χ3v) is 7.36. The molecule has 11 nitrogen and oxygen atoms in total. The Morgan fingerprint density at radius 3 is 2.67 bits per heavy atom. The van der Waals surface area contributed by atoms with Gasteiger partial charge in [-0.15, -0.1) is 0 Å². The standard InChI is InChI=1S/C26H25F5N8O.CH2O2/c1-2-14-7-15(3-4-18(14)25(40)39-11-16-8-17(39)9-33-16)35-23-24-34-10-20(38(24)6-5-32-23)19-12-37(13-21(27)28)36-22(19)26(29,30)31;2-1-3/h3-7,10,12,16-17,21,33H,2,8-9,11,13H2,1H3,(H,32,35);1H,(H,2,3). The lowest BCUT2D eigenvalue weighted by atomic mass is 10.0. The summed E-state index contributed by atoms with van der Waals surface area (Å²) in [6.45, 7) is 2.23. The number of nitrogens with zero attached hydrogens (tertiary/aromatic N) is 6. The number of hydrogen-bond acceptors (Lipinski definition) is 7. The number of carbonyl (C=O) groups excluding carboxylic acids is 1. The van der Waals surface area contributed by atoms with Crippen LogP contribution in [0, 0.1) is 0 Å². The zero-order valence-corrected chi connectivity index (χ0v) is 22.7. The quantitative estimate of drug-likeness (QED) is 0.212. The van der Waals surface area contributed by atoms with Crippen molar-refractivity contribution < 1.29 is 36.6 Å². The number of aromatic nitrogens is 5. The van der Waals surface area contributed by atoms with E-state index in [4.69, 9.17) is 9.90 Å². The van der Waals surface area contributed by atoms with E-state index in [1.807, 2.05) is 17.9 Å². The Hall–Kier alpha value is -4.60. The van der Waals surface area contributed by atoms with Crippen molar-refractivity contribution in [1.29, 1.82) is 0 Å². The summed E-state index contributed by atoms with van der Waals surface area (Å²) in [6, 6.07) is 5.93. The Balaban J connectivity index is 0.00000118. The first-order valence-corrected chi connectivity index (χ1v) is 13.3. The number of hydrogen-bond donors (Lipinski definition) is 3. The van der Waals surface area contributed by atoms with Crippen LogP contribution in [-0.2, 0) is 23.9 Å². The van der Waals surface area contributed by atoms with E-state index in [2.05, 4.69) is 25.7 Å². The van der Waals surface area contributed by atoms with Gasteiger partial charge in [0.15, 0.2) is 17.2 Å². The fraction of sp³-hybridized carbons (Fsp3) is 0.370. The Morgan fingerprint density at radius 1 is 1.28 bits per heavy atom. The predicted molar refractivity (Wildman–Crippen MR) is 144 cm³/mol. The highest BCUT2D eigenvalue weighted by atomic mass is 19.4. The van der Waals surface area contributed by atoms with Gasteiger partial charge in [-0.25, -0.2) is 18.7 Å². The van der Waals surface area contributed by atoms with Crippen molar-refractivity contribution in [2.45, 2.75) is 51.0 Å². The van der Waals surface area contributed by atoms with E-state index in [1.165, 1.54) is 23.0 Å². The number of carbonyl (C=O) groups is 2. The topological polar surface area (TPSA) is 130 Å². The Labute approximate surface area is 241 Å².